The Balaban J connectivity index is 2.02. The smallest absolute Gasteiger partial charge is 0.317 e. The van der Waals surface area contributed by atoms with Crippen molar-refractivity contribution in [3.63, 3.8) is 0 Å². The molecule has 0 aliphatic carbocycles. The van der Waals surface area contributed by atoms with Crippen LogP contribution in [0.2, 0.25) is 0 Å². The highest BCUT2D eigenvalue weighted by atomic mass is 16.4. The number of hydrogen-bond donors (Lipinski definition) is 1. The Morgan fingerprint density at radius 3 is 2.67 bits per heavy atom. The van der Waals surface area contributed by atoms with Crippen molar-refractivity contribution in [2.45, 2.75) is 33.2 Å². The third kappa shape index (κ3) is 4.29. The van der Waals surface area contributed by atoms with Crippen molar-refractivity contribution in [1.82, 2.24) is 9.80 Å². The fourth-order valence-electron chi connectivity index (χ4n) is 3.22. The van der Waals surface area contributed by atoms with Gasteiger partial charge in [0, 0.05) is 32.2 Å². The second-order valence-corrected chi connectivity index (χ2v) is 6.10. The minimum atomic E-state index is -0.731. The number of carbonyl (C=O) groups is 1. The van der Waals surface area contributed by atoms with Crippen LogP contribution in [0.1, 0.15) is 36.1 Å². The number of hydrogen-bond acceptors (Lipinski definition) is 3. The highest BCUT2D eigenvalue weighted by molar-refractivity contribution is 5.69. The quantitative estimate of drug-likeness (QED) is 0.925. The van der Waals surface area contributed by atoms with E-state index in [0.717, 1.165) is 32.6 Å². The lowest BCUT2D eigenvalue weighted by Crippen LogP contribution is -2.35. The van der Waals surface area contributed by atoms with E-state index in [1.54, 1.807) is 0 Å². The lowest BCUT2D eigenvalue weighted by Gasteiger charge is -2.29. The Bertz CT molecular complexity index is 502. The maximum atomic E-state index is 10.8. The molecule has 1 aliphatic rings. The predicted octanol–water partition coefficient (Wildman–Crippen LogP) is 2.46. The first-order chi connectivity index (χ1) is 9.97. The van der Waals surface area contributed by atoms with E-state index in [1.165, 1.54) is 16.7 Å². The maximum absolute atomic E-state index is 10.8. The molecule has 0 radical (unpaired) electrons. The first kappa shape index (κ1) is 16.0. The van der Waals surface area contributed by atoms with Gasteiger partial charge in [0.15, 0.2) is 0 Å². The molecule has 0 amide bonds. The molecule has 1 fully saturated rings. The van der Waals surface area contributed by atoms with Crippen LogP contribution in [0, 0.1) is 13.8 Å². The highest BCUT2D eigenvalue weighted by Gasteiger charge is 2.22. The van der Waals surface area contributed by atoms with E-state index in [2.05, 4.69) is 43.9 Å². The first-order valence-corrected chi connectivity index (χ1v) is 7.72. The van der Waals surface area contributed by atoms with Crippen LogP contribution in [-0.4, -0.2) is 53.6 Å². The number of nitrogens with zero attached hydrogens (tertiary/aromatic N) is 2. The predicted molar refractivity (Wildman–Crippen MR) is 84.6 cm³/mol. The van der Waals surface area contributed by atoms with Crippen LogP contribution in [0.15, 0.2) is 18.2 Å². The minimum Gasteiger partial charge on any atom is -0.480 e. The van der Waals surface area contributed by atoms with E-state index in [0.29, 0.717) is 6.04 Å². The molecule has 1 atom stereocenters. The van der Waals surface area contributed by atoms with Gasteiger partial charge in [-0.2, -0.15) is 0 Å². The Kier molecular flexibility index (Phi) is 5.37. The summed E-state index contributed by atoms with van der Waals surface area (Å²) in [7, 11) is 0. The first-order valence-electron chi connectivity index (χ1n) is 7.72. The number of carboxylic acid groups (broad SMARTS) is 1. The van der Waals surface area contributed by atoms with Crippen molar-refractivity contribution in [2.75, 3.05) is 32.7 Å². The van der Waals surface area contributed by atoms with Gasteiger partial charge < -0.3 is 5.11 Å². The van der Waals surface area contributed by atoms with Crippen LogP contribution >= 0.6 is 0 Å². The molecule has 1 aromatic rings. The third-order valence-electron chi connectivity index (χ3n) is 4.41. The van der Waals surface area contributed by atoms with Crippen LogP contribution in [0.3, 0.4) is 0 Å². The third-order valence-corrected chi connectivity index (χ3v) is 4.41. The number of rotatable bonds is 4. The van der Waals surface area contributed by atoms with E-state index in [-0.39, 0.29) is 6.54 Å². The Labute approximate surface area is 127 Å². The van der Waals surface area contributed by atoms with Gasteiger partial charge in [0.05, 0.1) is 6.54 Å². The van der Waals surface area contributed by atoms with Crippen LogP contribution in [0.5, 0.6) is 0 Å². The minimum absolute atomic E-state index is 0.159. The van der Waals surface area contributed by atoms with Crippen molar-refractivity contribution in [3.05, 3.63) is 34.9 Å². The summed E-state index contributed by atoms with van der Waals surface area (Å²) in [4.78, 5) is 15.3. The second-order valence-electron chi connectivity index (χ2n) is 6.10. The van der Waals surface area contributed by atoms with Gasteiger partial charge in [0.2, 0.25) is 0 Å². The number of aryl methyl sites for hydroxylation is 2. The summed E-state index contributed by atoms with van der Waals surface area (Å²) in [5, 5.41) is 8.92. The van der Waals surface area contributed by atoms with Crippen LogP contribution in [0.25, 0.3) is 0 Å². The van der Waals surface area contributed by atoms with Crippen LogP contribution < -0.4 is 0 Å². The summed E-state index contributed by atoms with van der Waals surface area (Å²) in [6, 6.07) is 7.03. The monoisotopic (exact) mass is 290 g/mol. The molecule has 1 aromatic carbocycles. The van der Waals surface area contributed by atoms with Gasteiger partial charge in [0.1, 0.15) is 0 Å². The molecule has 1 aliphatic heterocycles. The Hall–Kier alpha value is -1.39. The average Bonchev–Trinajstić information content (AvgIpc) is 2.63. The fraction of sp³-hybridized carbons (Fsp3) is 0.588. The zero-order chi connectivity index (χ0) is 15.4. The molecule has 1 heterocycles. The summed E-state index contributed by atoms with van der Waals surface area (Å²) < 4.78 is 0. The van der Waals surface area contributed by atoms with E-state index >= 15 is 0 Å². The van der Waals surface area contributed by atoms with Crippen LogP contribution in [-0.2, 0) is 4.79 Å². The molecule has 2 rings (SSSR count). The molecule has 1 N–H and O–H groups in total. The van der Waals surface area contributed by atoms with Gasteiger partial charge in [-0.1, -0.05) is 23.8 Å². The summed E-state index contributed by atoms with van der Waals surface area (Å²) >= 11 is 0. The largest absolute Gasteiger partial charge is 0.480 e. The summed E-state index contributed by atoms with van der Waals surface area (Å²) in [6.07, 6.45) is 1.03. The molecule has 0 spiro atoms. The van der Waals surface area contributed by atoms with Gasteiger partial charge in [-0.15, -0.1) is 0 Å². The van der Waals surface area contributed by atoms with Crippen molar-refractivity contribution >= 4 is 5.97 Å². The Morgan fingerprint density at radius 1 is 1.24 bits per heavy atom. The van der Waals surface area contributed by atoms with Crippen LogP contribution in [0.4, 0.5) is 0 Å². The van der Waals surface area contributed by atoms with E-state index in [9.17, 15) is 4.79 Å². The van der Waals surface area contributed by atoms with Crippen molar-refractivity contribution in [2.24, 2.45) is 0 Å². The molecule has 21 heavy (non-hydrogen) atoms. The van der Waals surface area contributed by atoms with Gasteiger partial charge in [-0.05, 0) is 38.3 Å². The van der Waals surface area contributed by atoms with Gasteiger partial charge in [-0.3, -0.25) is 14.6 Å². The maximum Gasteiger partial charge on any atom is 0.317 e. The lowest BCUT2D eigenvalue weighted by atomic mass is 9.99. The van der Waals surface area contributed by atoms with E-state index in [4.69, 9.17) is 5.11 Å². The summed E-state index contributed by atoms with van der Waals surface area (Å²) in [6.45, 7) is 10.4. The fourth-order valence-corrected chi connectivity index (χ4v) is 3.22. The van der Waals surface area contributed by atoms with E-state index < -0.39 is 5.97 Å². The Morgan fingerprint density at radius 2 is 2.00 bits per heavy atom. The topological polar surface area (TPSA) is 43.8 Å². The summed E-state index contributed by atoms with van der Waals surface area (Å²) in [5.74, 6) is -0.731. The molecular formula is C17H26N2O2. The molecule has 0 aromatic heterocycles. The zero-order valence-corrected chi connectivity index (χ0v) is 13.3. The average molecular weight is 290 g/mol. The van der Waals surface area contributed by atoms with Crippen molar-refractivity contribution in [3.8, 4) is 0 Å². The lowest BCUT2D eigenvalue weighted by molar-refractivity contribution is -0.138. The molecule has 0 saturated carbocycles. The zero-order valence-electron chi connectivity index (χ0n) is 13.3. The molecule has 4 nitrogen and oxygen atoms in total. The highest BCUT2D eigenvalue weighted by Crippen LogP contribution is 2.25. The molecule has 0 bridgehead atoms. The molecule has 116 valence electrons. The van der Waals surface area contributed by atoms with Crippen molar-refractivity contribution in [1.29, 1.82) is 0 Å². The number of carboxylic acids is 1. The standard InChI is InChI=1S/C17H26N2O2/c1-13-5-6-16(14(2)11-13)15(3)19-8-4-7-18(9-10-19)12-17(20)21/h5-6,11,15H,4,7-10,12H2,1-3H3,(H,20,21). The molecule has 1 saturated heterocycles. The normalized spacial score (nSPS) is 19.2. The van der Waals surface area contributed by atoms with Gasteiger partial charge in [-0.25, -0.2) is 0 Å². The molecule has 4 heteroatoms. The van der Waals surface area contributed by atoms with Gasteiger partial charge in [0.25, 0.3) is 0 Å². The second kappa shape index (κ2) is 7.05. The van der Waals surface area contributed by atoms with E-state index in [1.807, 2.05) is 4.90 Å². The van der Waals surface area contributed by atoms with Gasteiger partial charge >= 0.3 is 5.97 Å². The molecule has 1 unspecified atom stereocenters. The summed E-state index contributed by atoms with van der Waals surface area (Å²) in [5.41, 5.74) is 4.02. The SMILES string of the molecule is Cc1ccc(C(C)N2CCCN(CC(=O)O)CC2)c(C)c1. The number of benzene rings is 1. The molecular weight excluding hydrogens is 264 g/mol. The van der Waals surface area contributed by atoms with Crippen molar-refractivity contribution < 1.29 is 9.90 Å². The number of aliphatic carboxylic acids is 1.